The largest absolute Gasteiger partial charge is 0.489 e. The number of hydroxylamine groups is 1. The van der Waals surface area contributed by atoms with Gasteiger partial charge in [0.05, 0.1) is 5.52 Å². The smallest absolute Gasteiger partial charge is 0.295 e. The highest BCUT2D eigenvalue weighted by Crippen LogP contribution is 2.28. The number of pyridine rings is 1. The summed E-state index contributed by atoms with van der Waals surface area (Å²) in [5, 5.41) is 10.0. The van der Waals surface area contributed by atoms with E-state index in [1.54, 1.807) is 17.6 Å². The van der Waals surface area contributed by atoms with Crippen molar-refractivity contribution < 1.29 is 24.1 Å². The number of fused-ring (bicyclic) bond motifs is 1. The highest BCUT2D eigenvalue weighted by Gasteiger charge is 2.41. The number of rotatable bonds is 9. The third kappa shape index (κ3) is 6.42. The minimum Gasteiger partial charge on any atom is -0.489 e. The Hall–Kier alpha value is -4.27. The fraction of sp³-hybridized carbons (Fsp3) is 0.258. The lowest BCUT2D eigenvalue weighted by molar-refractivity contribution is -0.963. The number of nitrogens with zero attached hydrogens (tertiary/aromatic N) is 2. The Morgan fingerprint density at radius 3 is 2.54 bits per heavy atom. The van der Waals surface area contributed by atoms with Crippen LogP contribution in [-0.2, 0) is 17.9 Å². The molecule has 2 amide bonds. The summed E-state index contributed by atoms with van der Waals surface area (Å²) in [4.78, 5) is 29.7. The van der Waals surface area contributed by atoms with Crippen LogP contribution in [-0.4, -0.2) is 39.7 Å². The van der Waals surface area contributed by atoms with E-state index in [0.29, 0.717) is 42.1 Å². The highest BCUT2D eigenvalue weighted by molar-refractivity contribution is 5.93. The molecule has 200 valence electrons. The number of carbonyl (C=O) groups excluding carboxylic acids is 2. The van der Waals surface area contributed by atoms with Gasteiger partial charge in [-0.1, -0.05) is 48.5 Å². The van der Waals surface area contributed by atoms with Gasteiger partial charge >= 0.3 is 0 Å². The molecule has 1 aliphatic heterocycles. The van der Waals surface area contributed by atoms with E-state index in [0.717, 1.165) is 34.1 Å². The van der Waals surface area contributed by atoms with E-state index >= 15 is 0 Å². The van der Waals surface area contributed by atoms with Crippen molar-refractivity contribution in [2.45, 2.75) is 32.9 Å². The normalized spacial score (nSPS) is 18.6. The number of hydrogen-bond donors (Lipinski definition) is 3. The first-order chi connectivity index (χ1) is 18.9. The van der Waals surface area contributed by atoms with E-state index < -0.39 is 5.91 Å². The van der Waals surface area contributed by atoms with Crippen LogP contribution < -0.4 is 15.6 Å². The molecule has 1 aliphatic rings. The molecule has 8 nitrogen and oxygen atoms in total. The Morgan fingerprint density at radius 2 is 1.77 bits per heavy atom. The second-order valence-electron chi connectivity index (χ2n) is 10.3. The first kappa shape index (κ1) is 26.3. The second-order valence-corrected chi connectivity index (χ2v) is 10.3. The predicted octanol–water partition coefficient (Wildman–Crippen LogP) is 4.70. The summed E-state index contributed by atoms with van der Waals surface area (Å²) >= 11 is 0. The second kappa shape index (κ2) is 11.6. The number of hydrogen-bond acceptors (Lipinski definition) is 5. The number of benzene rings is 3. The van der Waals surface area contributed by atoms with Gasteiger partial charge in [-0.15, -0.1) is 0 Å². The van der Waals surface area contributed by atoms with Crippen LogP contribution in [0.2, 0.25) is 0 Å². The average molecular weight is 526 g/mol. The van der Waals surface area contributed by atoms with Crippen LogP contribution in [0, 0.1) is 12.8 Å². The van der Waals surface area contributed by atoms with Crippen molar-refractivity contribution in [3.8, 4) is 5.75 Å². The van der Waals surface area contributed by atoms with E-state index in [4.69, 9.17) is 9.94 Å². The fourth-order valence-corrected chi connectivity index (χ4v) is 5.46. The number of likely N-dealkylation sites (tertiary alicyclic amines) is 1. The summed E-state index contributed by atoms with van der Waals surface area (Å²) in [6.07, 6.45) is 0.996. The Kier molecular flexibility index (Phi) is 7.86. The van der Waals surface area contributed by atoms with Crippen LogP contribution in [0.5, 0.6) is 5.75 Å². The molecule has 0 aliphatic carbocycles. The molecule has 2 heterocycles. The number of aryl methyl sites for hydroxylation is 1. The molecule has 3 N–H and O–H groups in total. The Labute approximate surface area is 227 Å². The molecule has 4 aromatic rings. The van der Waals surface area contributed by atoms with Crippen LogP contribution in [0.25, 0.3) is 10.9 Å². The average Bonchev–Trinajstić information content (AvgIpc) is 3.33. The zero-order valence-electron chi connectivity index (χ0n) is 22.0. The minimum absolute atomic E-state index is 0.0600. The molecule has 3 aromatic carbocycles. The van der Waals surface area contributed by atoms with E-state index in [9.17, 15) is 9.59 Å². The van der Waals surface area contributed by atoms with Gasteiger partial charge < -0.3 is 4.74 Å². The third-order valence-corrected chi connectivity index (χ3v) is 7.28. The molecule has 0 radical (unpaired) electrons. The zero-order chi connectivity index (χ0) is 27.2. The van der Waals surface area contributed by atoms with Crippen molar-refractivity contribution in [1.29, 1.82) is 0 Å². The maximum atomic E-state index is 13.4. The fourth-order valence-electron chi connectivity index (χ4n) is 5.46. The summed E-state index contributed by atoms with van der Waals surface area (Å²) in [5.74, 6) is 0.149. The van der Waals surface area contributed by atoms with Gasteiger partial charge in [0.2, 0.25) is 5.91 Å². The zero-order valence-corrected chi connectivity index (χ0v) is 22.0. The maximum Gasteiger partial charge on any atom is 0.295 e. The Bertz CT molecular complexity index is 1460. The van der Waals surface area contributed by atoms with Crippen LogP contribution >= 0.6 is 0 Å². The molecule has 0 spiro atoms. The number of carbonyl (C=O) groups is 2. The van der Waals surface area contributed by atoms with E-state index in [1.807, 2.05) is 79.7 Å². The molecule has 39 heavy (non-hydrogen) atoms. The molecule has 8 heteroatoms. The Balaban J connectivity index is 1.27. The van der Waals surface area contributed by atoms with Crippen LogP contribution in [0.3, 0.4) is 0 Å². The maximum absolute atomic E-state index is 13.4. The molecule has 5 rings (SSSR count). The first-order valence-corrected chi connectivity index (χ1v) is 13.2. The first-order valence-electron chi connectivity index (χ1n) is 13.2. The van der Waals surface area contributed by atoms with Crippen LogP contribution in [0.1, 0.15) is 40.0 Å². The lowest BCUT2D eigenvalue weighted by Crippen LogP contribution is -2.58. The molecule has 1 fully saturated rings. The number of quaternary nitrogens is 1. The lowest BCUT2D eigenvalue weighted by atomic mass is 10.1. The molecule has 0 saturated carbocycles. The van der Waals surface area contributed by atoms with Gasteiger partial charge in [0, 0.05) is 46.5 Å². The van der Waals surface area contributed by atoms with E-state index in [1.165, 1.54) is 0 Å². The predicted molar refractivity (Wildman–Crippen MR) is 148 cm³/mol. The summed E-state index contributed by atoms with van der Waals surface area (Å²) in [5.41, 5.74) is 9.54. The molecular weight excluding hydrogens is 492 g/mol. The molecule has 2 unspecified atom stereocenters. The number of amides is 2. The number of ether oxygens (including phenoxy) is 1. The van der Waals surface area contributed by atoms with Gasteiger partial charge in [-0.3, -0.25) is 19.8 Å². The SMILES string of the molecule is Cc1cc(COc2ccc(C(=O)N[N+]3(Cc4ccccc4)CCC(CC(=O)NO)C3)cc2)c2ccccc2n1. The molecule has 1 saturated heterocycles. The molecule has 1 aromatic heterocycles. The van der Waals surface area contributed by atoms with Crippen molar-refractivity contribution in [1.82, 2.24) is 15.9 Å². The van der Waals surface area contributed by atoms with Crippen molar-refractivity contribution >= 4 is 22.7 Å². The topological polar surface area (TPSA) is 101 Å². The van der Waals surface area contributed by atoms with Crippen molar-refractivity contribution in [2.75, 3.05) is 13.1 Å². The Morgan fingerprint density at radius 1 is 1.03 bits per heavy atom. The van der Waals surface area contributed by atoms with Gasteiger partial charge in [0.1, 0.15) is 32.0 Å². The summed E-state index contributed by atoms with van der Waals surface area (Å²) in [7, 11) is 0. The van der Waals surface area contributed by atoms with Crippen LogP contribution in [0.4, 0.5) is 0 Å². The molecule has 2 atom stereocenters. The van der Waals surface area contributed by atoms with Crippen molar-refractivity contribution in [3.63, 3.8) is 0 Å². The monoisotopic (exact) mass is 525 g/mol. The summed E-state index contributed by atoms with van der Waals surface area (Å²) < 4.78 is 6.41. The lowest BCUT2D eigenvalue weighted by Gasteiger charge is -2.34. The van der Waals surface area contributed by atoms with Gasteiger partial charge in [-0.2, -0.15) is 5.43 Å². The van der Waals surface area contributed by atoms with E-state index in [2.05, 4.69) is 10.4 Å². The van der Waals surface area contributed by atoms with Gasteiger partial charge in [0.15, 0.2) is 0 Å². The van der Waals surface area contributed by atoms with Crippen LogP contribution in [0.15, 0.2) is 84.9 Å². The quantitative estimate of drug-likeness (QED) is 0.167. The van der Waals surface area contributed by atoms with E-state index in [-0.39, 0.29) is 18.2 Å². The van der Waals surface area contributed by atoms with Gasteiger partial charge in [-0.25, -0.2) is 10.1 Å². The number of nitrogens with one attached hydrogen (secondary N) is 2. The minimum atomic E-state index is -0.406. The summed E-state index contributed by atoms with van der Waals surface area (Å²) in [6, 6.07) is 27.2. The summed E-state index contributed by atoms with van der Waals surface area (Å²) in [6.45, 7) is 4.29. The molecular formula is C31H33N4O4+. The molecule has 0 bridgehead atoms. The standard InChI is InChI=1S/C31H32N4O4/c1-22-17-26(28-9-5-6-10-29(28)32-22)21-39-27-13-11-25(12-14-27)31(37)33-35(19-23-7-3-2-4-8-23)16-15-24(20-35)18-30(36)34-38/h2-14,17,24H,15-16,18-21H2,1H3,(H2-,33,34,36,37,38)/p+1. The van der Waals surface area contributed by atoms with Crippen molar-refractivity contribution in [3.05, 3.63) is 107 Å². The van der Waals surface area contributed by atoms with Gasteiger partial charge in [0.25, 0.3) is 5.91 Å². The van der Waals surface area contributed by atoms with Crippen molar-refractivity contribution in [2.24, 2.45) is 5.92 Å². The third-order valence-electron chi connectivity index (χ3n) is 7.28. The number of para-hydroxylation sites is 1. The highest BCUT2D eigenvalue weighted by atomic mass is 16.5. The number of aromatic nitrogens is 1. The van der Waals surface area contributed by atoms with Gasteiger partial charge in [-0.05, 0) is 43.3 Å².